The summed E-state index contributed by atoms with van der Waals surface area (Å²) in [5.41, 5.74) is 0. The van der Waals surface area contributed by atoms with Gasteiger partial charge in [0, 0.05) is 25.7 Å². The van der Waals surface area contributed by atoms with E-state index in [9.17, 15) is 43.2 Å². The van der Waals surface area contributed by atoms with Crippen LogP contribution in [0.25, 0.3) is 0 Å². The summed E-state index contributed by atoms with van der Waals surface area (Å²) in [6.45, 7) is 4.80. The molecule has 3 N–H and O–H groups in total. The number of hydrogen-bond acceptors (Lipinski definition) is 15. The van der Waals surface area contributed by atoms with E-state index in [0.29, 0.717) is 32.1 Å². The molecule has 17 nitrogen and oxygen atoms in total. The molecule has 0 saturated heterocycles. The molecule has 0 rings (SSSR count). The Morgan fingerprint density at radius 2 is 0.481 bits per heavy atom. The number of aliphatic hydroxyl groups excluding tert-OH is 1. The average molecular weight is 1510 g/mol. The molecule has 0 aromatic rings. The van der Waals surface area contributed by atoms with E-state index >= 15 is 0 Å². The van der Waals surface area contributed by atoms with Gasteiger partial charge in [-0.15, -0.1) is 0 Å². The fourth-order valence-electron chi connectivity index (χ4n) is 11.4. The minimum absolute atomic E-state index is 0.0173. The van der Waals surface area contributed by atoms with Crippen LogP contribution in [0.15, 0.2) is 85.1 Å². The van der Waals surface area contributed by atoms with Gasteiger partial charge in [-0.3, -0.25) is 37.3 Å². The van der Waals surface area contributed by atoms with Gasteiger partial charge in [0.25, 0.3) is 0 Å². The monoisotopic (exact) mass is 1510 g/mol. The highest BCUT2D eigenvalue weighted by molar-refractivity contribution is 7.47. The van der Waals surface area contributed by atoms with Crippen LogP contribution in [0.5, 0.6) is 0 Å². The van der Waals surface area contributed by atoms with E-state index in [1.165, 1.54) is 161 Å². The van der Waals surface area contributed by atoms with E-state index in [-0.39, 0.29) is 25.7 Å². The first kappa shape index (κ1) is 100. The molecule has 0 saturated carbocycles. The maximum Gasteiger partial charge on any atom is 0.472 e. The standard InChI is InChI=1S/C85H152O17P2/c1-5-9-13-17-21-25-29-33-37-39-43-46-50-54-58-62-66-70-83(88)96-76-80(101-84(89)71-67-63-59-55-51-47-42-36-32-28-24-20-16-12-8-4)77-99-103(91,92)97-73-79(86)74-98-104(93,94)100-78-81(75-95-82(87)69-65-61-57-53-49-45-41-35-31-27-23-19-15-11-7-3)102-85(90)72-68-64-60-56-52-48-44-40-38-34-30-26-22-18-14-10-6-2/h22-23,26-27,34-36,38,41-42,44,48,56,60,79-81,86H,5-21,24-25,28-33,37,39-40,43,45-47,49-55,57-59,61-78H2,1-4H3,(H,91,92)(H,93,94)/b26-22-,27-23-,38-34-,41-35-,42-36-,48-44-,60-56-/t79-,80+,81+/m0/s1. The topological polar surface area (TPSA) is 237 Å². The number of esters is 4. The predicted octanol–water partition coefficient (Wildman–Crippen LogP) is 24.6. The van der Waals surface area contributed by atoms with Gasteiger partial charge in [0.05, 0.1) is 26.4 Å². The van der Waals surface area contributed by atoms with Crippen molar-refractivity contribution in [3.63, 3.8) is 0 Å². The lowest BCUT2D eigenvalue weighted by molar-refractivity contribution is -0.161. The summed E-state index contributed by atoms with van der Waals surface area (Å²) in [7, 11) is -9.97. The van der Waals surface area contributed by atoms with Crippen molar-refractivity contribution in [3.05, 3.63) is 85.1 Å². The average Bonchev–Trinajstić information content (AvgIpc) is 1.07. The van der Waals surface area contributed by atoms with Crippen molar-refractivity contribution in [2.75, 3.05) is 39.6 Å². The molecule has 0 aliphatic heterocycles. The second kappa shape index (κ2) is 77.4. The van der Waals surface area contributed by atoms with Gasteiger partial charge in [-0.05, 0) is 122 Å². The lowest BCUT2D eigenvalue weighted by Gasteiger charge is -2.21. The SMILES string of the molecule is CCCCC/C=C\C/C=C\C/C=C\C/C=C\CCCC(=O)O[C@H](COC(=O)CCCCCCC/C=C\C/C=C\CCCCC)COP(=O)(O)OC[C@@H](O)COP(=O)(O)OC[C@@H](COC(=O)CCCCCCCCCCCCCCCCCCC)OC(=O)CCCCCCC/C=C\CCCCCCCC. The molecule has 2 unspecified atom stereocenters. The number of aliphatic hydroxyl groups is 1. The lowest BCUT2D eigenvalue weighted by Crippen LogP contribution is -2.30. The zero-order chi connectivity index (χ0) is 76.0. The molecule has 0 aliphatic carbocycles. The van der Waals surface area contributed by atoms with E-state index < -0.39 is 97.5 Å². The van der Waals surface area contributed by atoms with Crippen molar-refractivity contribution in [1.29, 1.82) is 0 Å². The van der Waals surface area contributed by atoms with Gasteiger partial charge in [-0.2, -0.15) is 0 Å². The maximum atomic E-state index is 13.1. The quantitative estimate of drug-likeness (QED) is 0.0169. The Bertz CT molecular complexity index is 2300. The molecule has 0 aromatic heterocycles. The number of allylic oxidation sites excluding steroid dienone is 14. The maximum absolute atomic E-state index is 13.1. The van der Waals surface area contributed by atoms with Crippen LogP contribution in [0.3, 0.4) is 0 Å². The number of phosphoric acid groups is 2. The molecule has 0 aromatic carbocycles. The number of hydrogen-bond donors (Lipinski definition) is 3. The molecule has 0 amide bonds. The van der Waals surface area contributed by atoms with Gasteiger partial charge >= 0.3 is 39.5 Å². The first-order valence-corrected chi connectivity index (χ1v) is 44.8. The predicted molar refractivity (Wildman–Crippen MR) is 427 cm³/mol. The molecule has 0 fully saturated rings. The zero-order valence-electron chi connectivity index (χ0n) is 66.2. The highest BCUT2D eigenvalue weighted by Gasteiger charge is 2.30. The van der Waals surface area contributed by atoms with Gasteiger partial charge in [0.1, 0.15) is 19.3 Å². The largest absolute Gasteiger partial charge is 0.472 e. The van der Waals surface area contributed by atoms with Crippen LogP contribution in [-0.2, 0) is 65.4 Å². The Morgan fingerprint density at radius 1 is 0.269 bits per heavy atom. The number of rotatable bonds is 79. The van der Waals surface area contributed by atoms with Gasteiger partial charge < -0.3 is 33.8 Å². The van der Waals surface area contributed by atoms with E-state index in [0.717, 1.165) is 128 Å². The van der Waals surface area contributed by atoms with Crippen LogP contribution >= 0.6 is 15.6 Å². The molecule has 604 valence electrons. The molecule has 0 spiro atoms. The third kappa shape index (κ3) is 76.4. The highest BCUT2D eigenvalue weighted by atomic mass is 31.2. The van der Waals surface area contributed by atoms with Gasteiger partial charge in [-0.1, -0.05) is 312 Å². The van der Waals surface area contributed by atoms with Crippen LogP contribution in [0.4, 0.5) is 0 Å². The minimum Gasteiger partial charge on any atom is -0.462 e. The first-order chi connectivity index (χ1) is 50.7. The van der Waals surface area contributed by atoms with Crippen LogP contribution in [0.1, 0.15) is 374 Å². The first-order valence-electron chi connectivity index (χ1n) is 41.8. The van der Waals surface area contributed by atoms with Crippen LogP contribution < -0.4 is 0 Å². The Balaban J connectivity index is 5.40. The van der Waals surface area contributed by atoms with E-state index in [4.69, 9.17) is 37.0 Å². The third-order valence-electron chi connectivity index (χ3n) is 17.8. The second-order valence-corrected chi connectivity index (χ2v) is 31.0. The van der Waals surface area contributed by atoms with Crippen molar-refractivity contribution < 1.29 is 80.2 Å². The number of unbranched alkanes of at least 4 members (excludes halogenated alkanes) is 39. The zero-order valence-corrected chi connectivity index (χ0v) is 68.0. The summed E-state index contributed by atoms with van der Waals surface area (Å²) in [6.07, 6.45) is 81.3. The second-order valence-electron chi connectivity index (χ2n) is 28.1. The molecular weight excluding hydrogens is 1350 g/mol. The third-order valence-corrected chi connectivity index (χ3v) is 19.7. The summed E-state index contributed by atoms with van der Waals surface area (Å²) < 4.78 is 68.7. The van der Waals surface area contributed by atoms with Crippen molar-refractivity contribution >= 4 is 39.5 Å². The Hall–Kier alpha value is -3.76. The smallest absolute Gasteiger partial charge is 0.462 e. The van der Waals surface area contributed by atoms with Crippen molar-refractivity contribution in [1.82, 2.24) is 0 Å². The summed E-state index contributed by atoms with van der Waals surface area (Å²) in [4.78, 5) is 73.1. The molecule has 0 heterocycles. The number of carbonyl (C=O) groups is 4. The highest BCUT2D eigenvalue weighted by Crippen LogP contribution is 2.45. The fourth-order valence-corrected chi connectivity index (χ4v) is 13.0. The molecule has 0 radical (unpaired) electrons. The minimum atomic E-state index is -4.99. The van der Waals surface area contributed by atoms with Crippen molar-refractivity contribution in [2.24, 2.45) is 0 Å². The van der Waals surface area contributed by atoms with Gasteiger partial charge in [0.15, 0.2) is 12.2 Å². The molecular formula is C85H152O17P2. The van der Waals surface area contributed by atoms with E-state index in [2.05, 4.69) is 101 Å². The number of phosphoric ester groups is 2. The summed E-state index contributed by atoms with van der Waals surface area (Å²) in [5, 5.41) is 10.7. The van der Waals surface area contributed by atoms with Crippen LogP contribution in [0.2, 0.25) is 0 Å². The van der Waals surface area contributed by atoms with Crippen molar-refractivity contribution in [3.8, 4) is 0 Å². The van der Waals surface area contributed by atoms with Crippen LogP contribution in [-0.4, -0.2) is 96.7 Å². The van der Waals surface area contributed by atoms with Gasteiger partial charge in [-0.25, -0.2) is 9.13 Å². The number of ether oxygens (including phenoxy) is 4. The molecule has 19 heteroatoms. The summed E-state index contributed by atoms with van der Waals surface area (Å²) in [5.74, 6) is -2.24. The number of carbonyl (C=O) groups excluding carboxylic acids is 4. The molecule has 0 bridgehead atoms. The molecule has 104 heavy (non-hydrogen) atoms. The fraction of sp³-hybridized carbons (Fsp3) is 0.788. The van der Waals surface area contributed by atoms with E-state index in [1.54, 1.807) is 0 Å². The Morgan fingerprint density at radius 3 is 0.788 bits per heavy atom. The van der Waals surface area contributed by atoms with E-state index in [1.807, 2.05) is 12.2 Å². The Kier molecular flexibility index (Phi) is 74.6. The Labute approximate surface area is 634 Å². The van der Waals surface area contributed by atoms with Crippen LogP contribution in [0, 0.1) is 0 Å². The molecule has 0 aliphatic rings. The summed E-state index contributed by atoms with van der Waals surface area (Å²) >= 11 is 0. The lowest BCUT2D eigenvalue weighted by atomic mass is 10.0. The van der Waals surface area contributed by atoms with Gasteiger partial charge in [0.2, 0.25) is 0 Å². The molecule has 5 atom stereocenters. The summed E-state index contributed by atoms with van der Waals surface area (Å²) in [6, 6.07) is 0. The van der Waals surface area contributed by atoms with Crippen molar-refractivity contribution in [2.45, 2.75) is 393 Å². The normalized spacial score (nSPS) is 14.3.